The Morgan fingerprint density at radius 3 is 1.20 bits per heavy atom. The van der Waals surface area contributed by atoms with Crippen LogP contribution in [0.25, 0.3) is 0 Å². The van der Waals surface area contributed by atoms with E-state index < -0.39 is 10.4 Å². The van der Waals surface area contributed by atoms with E-state index in [1.807, 2.05) is 0 Å². The zero-order valence-electron chi connectivity index (χ0n) is 3.26. The molecule has 0 fully saturated rings. The third-order valence-corrected chi connectivity index (χ3v) is 0. The fourth-order valence-electron chi connectivity index (χ4n) is 0. The SMILES string of the molecule is [CH3][Sn]([CH3])([I])[I]. The Morgan fingerprint density at radius 2 is 1.20 bits per heavy atom. The summed E-state index contributed by atoms with van der Waals surface area (Å²) in [6.45, 7) is 0. The van der Waals surface area contributed by atoms with Gasteiger partial charge in [-0.3, -0.25) is 0 Å². The second-order valence-electron chi connectivity index (χ2n) is 1.33. The van der Waals surface area contributed by atoms with Crippen LogP contribution in [0.3, 0.4) is 0 Å². The molecule has 0 radical (unpaired) electrons. The first-order valence-electron chi connectivity index (χ1n) is 1.38. The second kappa shape index (κ2) is 2.54. The summed E-state index contributed by atoms with van der Waals surface area (Å²) >= 11 is 5.15. The van der Waals surface area contributed by atoms with E-state index in [1.165, 1.54) is 0 Å². The Balaban J connectivity index is 3.02. The van der Waals surface area contributed by atoms with Crippen molar-refractivity contribution >= 4 is 47.7 Å². The molecule has 0 heterocycles. The number of halogens is 2. The molecule has 0 saturated heterocycles. The molecule has 0 spiro atoms. The summed E-state index contributed by atoms with van der Waals surface area (Å²) in [4.78, 5) is 4.74. The van der Waals surface area contributed by atoms with Gasteiger partial charge in [-0.05, 0) is 0 Å². The van der Waals surface area contributed by atoms with Gasteiger partial charge in [-0.15, -0.1) is 0 Å². The molecule has 0 atom stereocenters. The molecule has 0 rings (SSSR count). The molecule has 0 N–H and O–H groups in total. The molecule has 3 heteroatoms. The van der Waals surface area contributed by atoms with Crippen LogP contribution in [0.4, 0.5) is 0 Å². The normalized spacial score (nSPS) is 12.0. The molecule has 0 aliphatic rings. The van der Waals surface area contributed by atoms with Crippen LogP contribution in [-0.2, 0) is 0 Å². The van der Waals surface area contributed by atoms with Gasteiger partial charge in [0, 0.05) is 0 Å². The van der Waals surface area contributed by atoms with E-state index in [0.29, 0.717) is 0 Å². The molecule has 0 aromatic heterocycles. The first-order valence-corrected chi connectivity index (χ1v) is 23.7. The molecule has 0 saturated carbocycles. The van der Waals surface area contributed by atoms with Gasteiger partial charge in [-0.2, -0.15) is 0 Å². The van der Waals surface area contributed by atoms with Gasteiger partial charge >= 0.3 is 57.6 Å². The molecular formula is C2H6I2Sn. The van der Waals surface area contributed by atoms with Crippen molar-refractivity contribution in [3.8, 4) is 0 Å². The van der Waals surface area contributed by atoms with E-state index in [9.17, 15) is 0 Å². The summed E-state index contributed by atoms with van der Waals surface area (Å²) in [5.74, 6) is 0. The van der Waals surface area contributed by atoms with Crippen LogP contribution in [0.2, 0.25) is 9.88 Å². The van der Waals surface area contributed by atoms with Crippen molar-refractivity contribution in [2.75, 3.05) is 0 Å². The average Bonchev–Trinajstić information content (AvgIpc) is 0.722. The number of rotatable bonds is 0. The quantitative estimate of drug-likeness (QED) is 0.432. The van der Waals surface area contributed by atoms with Gasteiger partial charge in [0.15, 0.2) is 0 Å². The van der Waals surface area contributed by atoms with Gasteiger partial charge in [-0.25, -0.2) is 0 Å². The maximum absolute atomic E-state index is 2.57. The van der Waals surface area contributed by atoms with Crippen LogP contribution in [0.5, 0.6) is 0 Å². The molecule has 0 aromatic rings. The van der Waals surface area contributed by atoms with Crippen LogP contribution in [-0.4, -0.2) is 10.4 Å². The van der Waals surface area contributed by atoms with E-state index in [1.54, 1.807) is 0 Å². The predicted molar refractivity (Wildman–Crippen MR) is 45.5 cm³/mol. The molecule has 5 heavy (non-hydrogen) atoms. The minimum absolute atomic E-state index is 1.24. The Morgan fingerprint density at radius 1 is 1.20 bits per heavy atom. The topological polar surface area (TPSA) is 0 Å². The van der Waals surface area contributed by atoms with Crippen LogP contribution in [0, 0.1) is 0 Å². The predicted octanol–water partition coefficient (Wildman–Crippen LogP) is 2.56. The van der Waals surface area contributed by atoms with E-state index in [4.69, 9.17) is 0 Å². The Labute approximate surface area is 56.3 Å². The van der Waals surface area contributed by atoms with Gasteiger partial charge in [0.2, 0.25) is 0 Å². The van der Waals surface area contributed by atoms with Crippen LogP contribution >= 0.6 is 37.3 Å². The standard InChI is InChI=1S/2CH3.2HI.Sn/h2*1H3;2*1H;/q;;;;+2/p-2. The van der Waals surface area contributed by atoms with Crippen molar-refractivity contribution in [1.29, 1.82) is 0 Å². The molecule has 0 amide bonds. The van der Waals surface area contributed by atoms with Gasteiger partial charge in [-0.1, -0.05) is 0 Å². The maximum atomic E-state index is 2.57. The fraction of sp³-hybridized carbons (Fsp3) is 1.00. The van der Waals surface area contributed by atoms with Gasteiger partial charge in [0.1, 0.15) is 0 Å². The molecule has 0 aliphatic heterocycles. The average molecular weight is 403 g/mol. The Kier molecular flexibility index (Phi) is 3.68. The third-order valence-electron chi connectivity index (χ3n) is 0. The van der Waals surface area contributed by atoms with Crippen LogP contribution in [0.15, 0.2) is 0 Å². The molecule has 32 valence electrons. The molecule has 0 aromatic carbocycles. The summed E-state index contributed by atoms with van der Waals surface area (Å²) in [6, 6.07) is 0. The fourth-order valence-corrected chi connectivity index (χ4v) is 0. The Hall–Kier alpha value is 2.26. The zero-order chi connectivity index (χ0) is 4.50. The number of hydrogen-bond donors (Lipinski definition) is 0. The third kappa shape index (κ3) is 22.2. The second-order valence-corrected chi connectivity index (χ2v) is 58.9. The zero-order valence-corrected chi connectivity index (χ0v) is 10.4. The van der Waals surface area contributed by atoms with E-state index in [0.717, 1.165) is 0 Å². The summed E-state index contributed by atoms with van der Waals surface area (Å²) in [7, 11) is -1.24. The molecule has 0 aliphatic carbocycles. The summed E-state index contributed by atoms with van der Waals surface area (Å²) in [5, 5.41) is 0. The van der Waals surface area contributed by atoms with E-state index >= 15 is 0 Å². The summed E-state index contributed by atoms with van der Waals surface area (Å²) < 4.78 is 0. The van der Waals surface area contributed by atoms with Crippen molar-refractivity contribution < 1.29 is 0 Å². The molecule has 0 bridgehead atoms. The first kappa shape index (κ1) is 7.26. The molecule has 0 nitrogen and oxygen atoms in total. The van der Waals surface area contributed by atoms with E-state index in [2.05, 4.69) is 47.1 Å². The van der Waals surface area contributed by atoms with Crippen LogP contribution < -0.4 is 0 Å². The van der Waals surface area contributed by atoms with Gasteiger partial charge in [0.25, 0.3) is 0 Å². The Bertz CT molecular complexity index is 23.1. The van der Waals surface area contributed by atoms with Crippen LogP contribution in [0.1, 0.15) is 0 Å². The molecule has 0 unspecified atom stereocenters. The van der Waals surface area contributed by atoms with E-state index in [-0.39, 0.29) is 0 Å². The number of hydrogen-bond acceptors (Lipinski definition) is 0. The van der Waals surface area contributed by atoms with Crippen molar-refractivity contribution in [2.24, 2.45) is 0 Å². The minimum atomic E-state index is -1.24. The van der Waals surface area contributed by atoms with Crippen molar-refractivity contribution in [3.63, 3.8) is 0 Å². The summed E-state index contributed by atoms with van der Waals surface area (Å²) in [5.41, 5.74) is 0. The van der Waals surface area contributed by atoms with Crippen molar-refractivity contribution in [2.45, 2.75) is 9.88 Å². The van der Waals surface area contributed by atoms with Crippen molar-refractivity contribution in [1.82, 2.24) is 0 Å². The first-order chi connectivity index (χ1) is 2.00. The monoisotopic (exact) mass is 404 g/mol. The molecular weight excluding hydrogens is 397 g/mol. The van der Waals surface area contributed by atoms with Crippen molar-refractivity contribution in [3.05, 3.63) is 0 Å². The summed E-state index contributed by atoms with van der Waals surface area (Å²) in [6.07, 6.45) is 0. The van der Waals surface area contributed by atoms with Gasteiger partial charge in [0.05, 0.1) is 0 Å². The van der Waals surface area contributed by atoms with Gasteiger partial charge < -0.3 is 0 Å².